The fourth-order valence-electron chi connectivity index (χ4n) is 6.02. The highest BCUT2D eigenvalue weighted by molar-refractivity contribution is 5.92. The Hall–Kier alpha value is -1.43. The Balaban J connectivity index is 1.57. The lowest BCUT2D eigenvalue weighted by molar-refractivity contribution is -0.188. The minimum absolute atomic E-state index is 0.376. The molecule has 154 valence electrons. The number of primary amides is 1. The minimum atomic E-state index is -0.382. The van der Waals surface area contributed by atoms with Crippen LogP contribution in [0.25, 0.3) is 0 Å². The van der Waals surface area contributed by atoms with E-state index in [1.807, 2.05) is 19.2 Å². The second kappa shape index (κ2) is 7.43. The molecule has 1 aromatic rings. The number of methoxy groups -OCH3 is 1. The number of nitrogens with two attached hydrogens (primary N) is 1. The van der Waals surface area contributed by atoms with Crippen molar-refractivity contribution >= 4 is 5.91 Å². The summed E-state index contributed by atoms with van der Waals surface area (Å²) in [5.74, 6) is 0.400. The van der Waals surface area contributed by atoms with Crippen molar-refractivity contribution in [2.75, 3.05) is 33.9 Å². The zero-order valence-corrected chi connectivity index (χ0v) is 17.4. The van der Waals surface area contributed by atoms with Crippen LogP contribution in [0.2, 0.25) is 0 Å². The number of rotatable bonds is 6. The molecular weight excluding hydrogens is 352 g/mol. The summed E-state index contributed by atoms with van der Waals surface area (Å²) < 4.78 is 11.8. The Bertz CT molecular complexity index is 724. The summed E-state index contributed by atoms with van der Waals surface area (Å²) in [6.45, 7) is 5.19. The molecule has 0 bridgehead atoms. The number of hydrogen-bond donors (Lipinski definition) is 1. The van der Waals surface area contributed by atoms with E-state index < -0.39 is 0 Å². The molecule has 3 atom stereocenters. The first-order chi connectivity index (χ1) is 13.4. The maximum absolute atomic E-state index is 11.8. The van der Waals surface area contributed by atoms with Gasteiger partial charge in [-0.1, -0.05) is 25.5 Å². The molecule has 2 aliphatic carbocycles. The Kier molecular flexibility index (Phi) is 5.27. The van der Waals surface area contributed by atoms with E-state index in [4.69, 9.17) is 15.2 Å². The molecule has 1 saturated heterocycles. The minimum Gasteiger partial charge on any atom is -0.380 e. The summed E-state index contributed by atoms with van der Waals surface area (Å²) in [6.07, 6.45) is 6.01. The summed E-state index contributed by atoms with van der Waals surface area (Å²) in [7, 11) is 4.09. The van der Waals surface area contributed by atoms with Crippen LogP contribution in [-0.2, 0) is 15.1 Å². The third kappa shape index (κ3) is 3.17. The molecule has 28 heavy (non-hydrogen) atoms. The predicted molar refractivity (Wildman–Crippen MR) is 109 cm³/mol. The van der Waals surface area contributed by atoms with E-state index in [1.54, 1.807) is 6.07 Å². The first-order valence-corrected chi connectivity index (χ1v) is 10.6. The smallest absolute Gasteiger partial charge is 0.248 e. The van der Waals surface area contributed by atoms with Gasteiger partial charge in [0, 0.05) is 36.6 Å². The van der Waals surface area contributed by atoms with Crippen LogP contribution in [0.15, 0.2) is 24.3 Å². The summed E-state index contributed by atoms with van der Waals surface area (Å²) in [5, 5.41) is 0. The third-order valence-electron chi connectivity index (χ3n) is 7.75. The van der Waals surface area contributed by atoms with Gasteiger partial charge in [-0.3, -0.25) is 4.79 Å². The molecule has 0 radical (unpaired) electrons. The van der Waals surface area contributed by atoms with Crippen molar-refractivity contribution in [2.24, 2.45) is 23.0 Å². The lowest BCUT2D eigenvalue weighted by atomic mass is 9.62. The summed E-state index contributed by atoms with van der Waals surface area (Å²) >= 11 is 0. The SMILES string of the molecule is COC1(c2cccc(C(N)=O)c2)C(C)CCCC1CN(C)C1CC2(COC2)C1. The van der Waals surface area contributed by atoms with Gasteiger partial charge in [-0.05, 0) is 56.3 Å². The van der Waals surface area contributed by atoms with Crippen LogP contribution in [0.1, 0.15) is 54.9 Å². The molecule has 3 fully saturated rings. The molecule has 1 aromatic carbocycles. The molecule has 5 heteroatoms. The van der Waals surface area contributed by atoms with Gasteiger partial charge >= 0.3 is 0 Å². The van der Waals surface area contributed by atoms with Gasteiger partial charge in [0.1, 0.15) is 0 Å². The fraction of sp³-hybridized carbons (Fsp3) is 0.696. The lowest BCUT2D eigenvalue weighted by Crippen LogP contribution is -2.60. The van der Waals surface area contributed by atoms with Crippen molar-refractivity contribution < 1.29 is 14.3 Å². The van der Waals surface area contributed by atoms with E-state index in [2.05, 4.69) is 24.9 Å². The fourth-order valence-corrected chi connectivity index (χ4v) is 6.02. The highest BCUT2D eigenvalue weighted by Crippen LogP contribution is 2.51. The van der Waals surface area contributed by atoms with Crippen molar-refractivity contribution in [1.29, 1.82) is 0 Å². The number of amides is 1. The first-order valence-electron chi connectivity index (χ1n) is 10.6. The normalized spacial score (nSPS) is 32.1. The Morgan fingerprint density at radius 1 is 1.32 bits per heavy atom. The van der Waals surface area contributed by atoms with Crippen LogP contribution < -0.4 is 5.73 Å². The molecule has 2 N–H and O–H groups in total. The van der Waals surface area contributed by atoms with Gasteiger partial charge in [-0.2, -0.15) is 0 Å². The molecule has 3 unspecified atom stereocenters. The highest BCUT2D eigenvalue weighted by Gasteiger charge is 2.53. The number of hydrogen-bond acceptors (Lipinski definition) is 4. The number of nitrogens with zero attached hydrogens (tertiary/aromatic N) is 1. The molecule has 5 nitrogen and oxygen atoms in total. The van der Waals surface area contributed by atoms with E-state index >= 15 is 0 Å². The molecule has 1 heterocycles. The van der Waals surface area contributed by atoms with Crippen molar-refractivity contribution in [2.45, 2.75) is 50.7 Å². The molecule has 1 spiro atoms. The van der Waals surface area contributed by atoms with Crippen LogP contribution >= 0.6 is 0 Å². The van der Waals surface area contributed by atoms with Crippen molar-refractivity contribution in [3.8, 4) is 0 Å². The zero-order chi connectivity index (χ0) is 19.9. The quantitative estimate of drug-likeness (QED) is 0.816. The van der Waals surface area contributed by atoms with Crippen LogP contribution in [0.4, 0.5) is 0 Å². The second-order valence-corrected chi connectivity index (χ2v) is 9.47. The highest BCUT2D eigenvalue weighted by atomic mass is 16.5. The van der Waals surface area contributed by atoms with Crippen molar-refractivity contribution in [1.82, 2.24) is 4.90 Å². The predicted octanol–water partition coefficient (Wildman–Crippen LogP) is 3.17. The van der Waals surface area contributed by atoms with Crippen LogP contribution in [-0.4, -0.2) is 50.8 Å². The number of benzene rings is 1. The summed E-state index contributed by atoms with van der Waals surface area (Å²) in [6, 6.07) is 8.43. The largest absolute Gasteiger partial charge is 0.380 e. The van der Waals surface area contributed by atoms with E-state index in [-0.39, 0.29) is 11.5 Å². The molecule has 1 amide bonds. The molecule has 0 aromatic heterocycles. The average molecular weight is 387 g/mol. The van der Waals surface area contributed by atoms with Crippen molar-refractivity contribution in [3.63, 3.8) is 0 Å². The molecule has 2 saturated carbocycles. The summed E-state index contributed by atoms with van der Waals surface area (Å²) in [4.78, 5) is 14.3. The number of carbonyl (C=O) groups is 1. The monoisotopic (exact) mass is 386 g/mol. The Morgan fingerprint density at radius 3 is 2.68 bits per heavy atom. The van der Waals surface area contributed by atoms with Gasteiger partial charge < -0.3 is 20.1 Å². The molecule has 4 rings (SSSR count). The third-order valence-corrected chi connectivity index (χ3v) is 7.75. The van der Waals surface area contributed by atoms with Crippen LogP contribution in [0, 0.1) is 17.3 Å². The van der Waals surface area contributed by atoms with Gasteiger partial charge in [-0.25, -0.2) is 0 Å². The number of carbonyl (C=O) groups excluding carboxylic acids is 1. The van der Waals surface area contributed by atoms with Crippen LogP contribution in [0.3, 0.4) is 0 Å². The topological polar surface area (TPSA) is 64.8 Å². The Morgan fingerprint density at radius 2 is 2.07 bits per heavy atom. The molecule has 1 aliphatic heterocycles. The lowest BCUT2D eigenvalue weighted by Gasteiger charge is -2.57. The van der Waals surface area contributed by atoms with Gasteiger partial charge in [0.05, 0.1) is 18.8 Å². The van der Waals surface area contributed by atoms with Crippen molar-refractivity contribution in [3.05, 3.63) is 35.4 Å². The van der Waals surface area contributed by atoms with Gasteiger partial charge in [-0.15, -0.1) is 0 Å². The Labute approximate surface area is 168 Å². The number of ether oxygens (including phenoxy) is 2. The van der Waals surface area contributed by atoms with E-state index in [0.717, 1.165) is 38.2 Å². The van der Waals surface area contributed by atoms with E-state index in [0.29, 0.717) is 28.9 Å². The van der Waals surface area contributed by atoms with E-state index in [9.17, 15) is 4.79 Å². The van der Waals surface area contributed by atoms with E-state index in [1.165, 1.54) is 19.3 Å². The molecule has 3 aliphatic rings. The first kappa shape index (κ1) is 19.9. The van der Waals surface area contributed by atoms with Gasteiger partial charge in [0.2, 0.25) is 5.91 Å². The molecular formula is C23H34N2O3. The zero-order valence-electron chi connectivity index (χ0n) is 17.4. The average Bonchev–Trinajstić information content (AvgIpc) is 2.60. The van der Waals surface area contributed by atoms with Gasteiger partial charge in [0.15, 0.2) is 0 Å². The van der Waals surface area contributed by atoms with Gasteiger partial charge in [0.25, 0.3) is 0 Å². The summed E-state index contributed by atoms with van der Waals surface area (Å²) in [5.41, 5.74) is 7.31. The maximum Gasteiger partial charge on any atom is 0.248 e. The van der Waals surface area contributed by atoms with Crippen LogP contribution in [0.5, 0.6) is 0 Å². The standard InChI is InChI=1S/C23H34N2O3/c1-16-6-4-9-19(13-25(2)20-11-22(12-20)14-28-15-22)23(16,27-3)18-8-5-7-17(10-18)21(24)26/h5,7-8,10,16,19-20H,4,6,9,11-15H2,1-3H3,(H2,24,26). The maximum atomic E-state index is 11.8. The second-order valence-electron chi connectivity index (χ2n) is 9.47.